The number of aromatic nitrogens is 2. The number of para-hydroxylation sites is 2. The summed E-state index contributed by atoms with van der Waals surface area (Å²) in [5, 5.41) is 12.8. The van der Waals surface area contributed by atoms with Crippen LogP contribution < -0.4 is 5.01 Å². The largest absolute Gasteiger partial charge is 0.257 e. The van der Waals surface area contributed by atoms with E-state index in [-0.39, 0.29) is 12.0 Å². The second-order valence-corrected chi connectivity index (χ2v) is 9.94. The Bertz CT molecular complexity index is 1730. The van der Waals surface area contributed by atoms with Crippen molar-refractivity contribution in [1.29, 1.82) is 0 Å². The molecule has 1 aliphatic rings. The SMILES string of the molecule is c1ccc(C2=NN(c3ccccc3)C(c3cn(-c4ccccc4)nc3-c3ccccc3)C2c2ccccc2)cc1. The highest BCUT2D eigenvalue weighted by molar-refractivity contribution is 6.08. The normalized spacial score (nSPS) is 16.6. The molecule has 2 atom stereocenters. The van der Waals surface area contributed by atoms with E-state index in [1.807, 2.05) is 35.0 Å². The van der Waals surface area contributed by atoms with Crippen molar-refractivity contribution >= 4 is 11.4 Å². The van der Waals surface area contributed by atoms with Crippen LogP contribution in [0.3, 0.4) is 0 Å². The van der Waals surface area contributed by atoms with E-state index in [2.05, 4.69) is 133 Å². The molecule has 0 bridgehead atoms. The highest BCUT2D eigenvalue weighted by Crippen LogP contribution is 2.48. The molecule has 6 aromatic rings. The Morgan fingerprint density at radius 2 is 1.00 bits per heavy atom. The zero-order chi connectivity index (χ0) is 26.7. The number of rotatable bonds is 6. The van der Waals surface area contributed by atoms with E-state index < -0.39 is 0 Å². The molecule has 5 aromatic carbocycles. The van der Waals surface area contributed by atoms with Crippen molar-refractivity contribution in [2.24, 2.45) is 5.10 Å². The zero-order valence-electron chi connectivity index (χ0n) is 22.0. The monoisotopic (exact) mass is 516 g/mol. The van der Waals surface area contributed by atoms with Crippen LogP contribution in [-0.4, -0.2) is 15.5 Å². The summed E-state index contributed by atoms with van der Waals surface area (Å²) in [4.78, 5) is 0. The van der Waals surface area contributed by atoms with Crippen molar-refractivity contribution < 1.29 is 0 Å². The summed E-state index contributed by atoms with van der Waals surface area (Å²) in [5.41, 5.74) is 8.63. The first kappa shape index (κ1) is 23.9. The lowest BCUT2D eigenvalue weighted by Crippen LogP contribution is -2.25. The molecule has 0 saturated carbocycles. The number of hydrazone groups is 1. The molecule has 2 heterocycles. The first-order chi connectivity index (χ1) is 19.9. The van der Waals surface area contributed by atoms with E-state index in [4.69, 9.17) is 10.2 Å². The first-order valence-electron chi connectivity index (χ1n) is 13.6. The molecule has 0 radical (unpaired) electrons. The van der Waals surface area contributed by atoms with E-state index >= 15 is 0 Å². The minimum Gasteiger partial charge on any atom is -0.257 e. The number of hydrogen-bond donors (Lipinski definition) is 0. The lowest BCUT2D eigenvalue weighted by atomic mass is 9.81. The Labute approximate surface area is 234 Å². The average Bonchev–Trinajstić information content (AvgIpc) is 3.66. The van der Waals surface area contributed by atoms with Gasteiger partial charge >= 0.3 is 0 Å². The predicted molar refractivity (Wildman–Crippen MR) is 163 cm³/mol. The van der Waals surface area contributed by atoms with Gasteiger partial charge in [-0.25, -0.2) is 4.68 Å². The van der Waals surface area contributed by atoms with Gasteiger partial charge in [-0.1, -0.05) is 127 Å². The van der Waals surface area contributed by atoms with Crippen molar-refractivity contribution in [1.82, 2.24) is 9.78 Å². The van der Waals surface area contributed by atoms with Gasteiger partial charge in [-0.05, 0) is 35.4 Å². The molecule has 0 spiro atoms. The maximum atomic E-state index is 5.37. The van der Waals surface area contributed by atoms with Gasteiger partial charge in [-0.3, -0.25) is 5.01 Å². The number of anilines is 1. The summed E-state index contributed by atoms with van der Waals surface area (Å²) < 4.78 is 2.00. The lowest BCUT2D eigenvalue weighted by molar-refractivity contribution is 0.649. The van der Waals surface area contributed by atoms with Crippen LogP contribution in [0.1, 0.15) is 28.7 Å². The molecule has 7 rings (SSSR count). The molecule has 1 aliphatic heterocycles. The summed E-state index contributed by atoms with van der Waals surface area (Å²) in [6.45, 7) is 0. The van der Waals surface area contributed by atoms with Crippen LogP contribution in [0.15, 0.2) is 163 Å². The summed E-state index contributed by atoms with van der Waals surface area (Å²) in [6, 6.07) is 52.4. The van der Waals surface area contributed by atoms with Gasteiger partial charge < -0.3 is 0 Å². The Balaban J connectivity index is 1.49. The van der Waals surface area contributed by atoms with Crippen LogP contribution in [0, 0.1) is 0 Å². The van der Waals surface area contributed by atoms with Crippen LogP contribution in [0.4, 0.5) is 5.69 Å². The maximum absolute atomic E-state index is 5.37. The Morgan fingerprint density at radius 3 is 1.60 bits per heavy atom. The fourth-order valence-electron chi connectivity index (χ4n) is 5.63. The van der Waals surface area contributed by atoms with Gasteiger partial charge in [0, 0.05) is 17.3 Å². The molecule has 0 fully saturated rings. The number of hydrogen-bond acceptors (Lipinski definition) is 3. The summed E-state index contributed by atoms with van der Waals surface area (Å²) in [5.74, 6) is -0.0142. The standard InChI is InChI=1S/C36H28N4/c1-6-16-27(17-7-1)33-35(29-20-10-3-11-21-29)38-40(31-24-14-5-15-25-31)36(33)32-26-39(30-22-12-4-13-23-30)37-34(32)28-18-8-2-9-19-28/h1-26,33,36H. The minimum absolute atomic E-state index is 0.0142. The highest BCUT2D eigenvalue weighted by Gasteiger charge is 2.42. The van der Waals surface area contributed by atoms with Crippen molar-refractivity contribution in [3.05, 3.63) is 175 Å². The maximum Gasteiger partial charge on any atom is 0.0981 e. The van der Waals surface area contributed by atoms with E-state index in [9.17, 15) is 0 Å². The molecular weight excluding hydrogens is 488 g/mol. The van der Waals surface area contributed by atoms with Crippen LogP contribution in [0.2, 0.25) is 0 Å². The zero-order valence-corrected chi connectivity index (χ0v) is 22.0. The minimum atomic E-state index is -0.118. The highest BCUT2D eigenvalue weighted by atomic mass is 15.5. The van der Waals surface area contributed by atoms with Crippen LogP contribution in [0.5, 0.6) is 0 Å². The molecule has 0 saturated heterocycles. The van der Waals surface area contributed by atoms with Crippen LogP contribution >= 0.6 is 0 Å². The van der Waals surface area contributed by atoms with Gasteiger partial charge in [0.05, 0.1) is 34.7 Å². The lowest BCUT2D eigenvalue weighted by Gasteiger charge is -2.29. The van der Waals surface area contributed by atoms with Crippen molar-refractivity contribution in [2.45, 2.75) is 12.0 Å². The number of benzene rings is 5. The fourth-order valence-corrected chi connectivity index (χ4v) is 5.63. The van der Waals surface area contributed by atoms with Gasteiger partial charge in [-0.2, -0.15) is 10.2 Å². The molecule has 0 aliphatic carbocycles. The predicted octanol–water partition coefficient (Wildman–Crippen LogP) is 8.29. The molecule has 4 nitrogen and oxygen atoms in total. The molecule has 40 heavy (non-hydrogen) atoms. The first-order valence-corrected chi connectivity index (χ1v) is 13.6. The van der Waals surface area contributed by atoms with Gasteiger partial charge in [0.2, 0.25) is 0 Å². The van der Waals surface area contributed by atoms with E-state index in [0.717, 1.165) is 39.5 Å². The van der Waals surface area contributed by atoms with E-state index in [1.165, 1.54) is 5.56 Å². The van der Waals surface area contributed by atoms with Gasteiger partial charge in [0.15, 0.2) is 0 Å². The van der Waals surface area contributed by atoms with Crippen LogP contribution in [-0.2, 0) is 0 Å². The average molecular weight is 517 g/mol. The van der Waals surface area contributed by atoms with Crippen molar-refractivity contribution in [3.63, 3.8) is 0 Å². The van der Waals surface area contributed by atoms with Gasteiger partial charge in [0.1, 0.15) is 0 Å². The van der Waals surface area contributed by atoms with E-state index in [0.29, 0.717) is 0 Å². The summed E-state index contributed by atoms with van der Waals surface area (Å²) in [7, 11) is 0. The Morgan fingerprint density at radius 1 is 0.500 bits per heavy atom. The third kappa shape index (κ3) is 4.40. The van der Waals surface area contributed by atoms with Crippen LogP contribution in [0.25, 0.3) is 16.9 Å². The molecule has 2 unspecified atom stereocenters. The molecule has 1 aromatic heterocycles. The third-order valence-electron chi connectivity index (χ3n) is 7.47. The third-order valence-corrected chi connectivity index (χ3v) is 7.47. The quantitative estimate of drug-likeness (QED) is 0.223. The molecular formula is C36H28N4. The molecule has 192 valence electrons. The van der Waals surface area contributed by atoms with Gasteiger partial charge in [-0.15, -0.1) is 0 Å². The second kappa shape index (κ2) is 10.5. The number of nitrogens with zero attached hydrogens (tertiary/aromatic N) is 4. The van der Waals surface area contributed by atoms with E-state index in [1.54, 1.807) is 0 Å². The van der Waals surface area contributed by atoms with Crippen molar-refractivity contribution in [3.8, 4) is 16.9 Å². The fraction of sp³-hybridized carbons (Fsp3) is 0.0556. The summed E-state index contributed by atoms with van der Waals surface area (Å²) >= 11 is 0. The molecule has 4 heteroatoms. The molecule has 0 N–H and O–H groups in total. The second-order valence-electron chi connectivity index (χ2n) is 9.94. The Hall–Kier alpha value is -5.22. The van der Waals surface area contributed by atoms with Gasteiger partial charge in [0.25, 0.3) is 0 Å². The smallest absolute Gasteiger partial charge is 0.0981 e. The topological polar surface area (TPSA) is 33.4 Å². The summed E-state index contributed by atoms with van der Waals surface area (Å²) in [6.07, 6.45) is 2.19. The Kier molecular flexibility index (Phi) is 6.27. The molecule has 0 amide bonds. The van der Waals surface area contributed by atoms with Crippen molar-refractivity contribution in [2.75, 3.05) is 5.01 Å².